The van der Waals surface area contributed by atoms with Crippen LogP contribution in [-0.2, 0) is 16.0 Å². The van der Waals surface area contributed by atoms with Crippen LogP contribution in [0.25, 0.3) is 21.8 Å². The summed E-state index contributed by atoms with van der Waals surface area (Å²) >= 11 is 24.2. The number of phenols is 1. The Morgan fingerprint density at radius 1 is 0.732 bits per heavy atom. The topological polar surface area (TPSA) is 128 Å². The highest BCUT2D eigenvalue weighted by Gasteiger charge is 2.36. The Morgan fingerprint density at radius 3 is 1.77 bits per heavy atom. The van der Waals surface area contributed by atoms with E-state index in [1.165, 1.54) is 50.2 Å². The van der Waals surface area contributed by atoms with Crippen molar-refractivity contribution in [2.24, 2.45) is 0 Å². The van der Waals surface area contributed by atoms with Gasteiger partial charge in [-0.1, -0.05) is 59.7 Å². The number of aromatic hydroxyl groups is 1. The number of hydrogen-bond donors (Lipinski definition) is 2. The number of carboxylic acid groups (broad SMARTS) is 1. The molecule has 0 amide bonds. The molecule has 6 aromatic rings. The number of carbonyl (C=O) groups is 4. The van der Waals surface area contributed by atoms with Crippen LogP contribution in [0.4, 0.5) is 17.6 Å². The van der Waals surface area contributed by atoms with Crippen LogP contribution in [0, 0.1) is 37.1 Å². The van der Waals surface area contributed by atoms with Crippen molar-refractivity contribution < 1.29 is 51.7 Å². The molecule has 0 saturated heterocycles. The number of carbonyl (C=O) groups excluding carboxylic acids is 3. The van der Waals surface area contributed by atoms with Crippen LogP contribution >= 0.6 is 46.4 Å². The molecule has 17 heteroatoms. The third-order valence-corrected chi connectivity index (χ3v) is 10.8. The van der Waals surface area contributed by atoms with Gasteiger partial charge >= 0.3 is 11.9 Å². The van der Waals surface area contributed by atoms with Crippen molar-refractivity contribution in [3.63, 3.8) is 0 Å². The minimum atomic E-state index is -1.58. The van der Waals surface area contributed by atoms with Crippen LogP contribution in [0.3, 0.4) is 0 Å². The van der Waals surface area contributed by atoms with Gasteiger partial charge in [-0.05, 0) is 67.8 Å². The van der Waals surface area contributed by atoms with Gasteiger partial charge in [0.2, 0.25) is 5.75 Å². The normalized spacial score (nSPS) is 12.1. The van der Waals surface area contributed by atoms with E-state index in [1.807, 2.05) is 0 Å². The number of carboxylic acids is 1. The van der Waals surface area contributed by atoms with Gasteiger partial charge in [-0.3, -0.25) is 28.3 Å². The molecule has 0 aliphatic rings. The number of aliphatic carboxylic acids is 1. The fourth-order valence-electron chi connectivity index (χ4n) is 6.83. The van der Waals surface area contributed by atoms with E-state index < -0.39 is 92.7 Å². The lowest BCUT2D eigenvalue weighted by molar-refractivity contribution is -0.137. The molecule has 56 heavy (non-hydrogen) atoms. The molecule has 0 bridgehead atoms. The maximum atomic E-state index is 16.6. The summed E-state index contributed by atoms with van der Waals surface area (Å²) < 4.78 is 70.5. The highest BCUT2D eigenvalue weighted by atomic mass is 35.5. The fraction of sp³-hybridized carbons (Fsp3) is 0.179. The van der Waals surface area contributed by atoms with Crippen LogP contribution in [0.2, 0.25) is 20.1 Å². The lowest BCUT2D eigenvalue weighted by atomic mass is 9.91. The molecule has 2 N–H and O–H groups in total. The minimum absolute atomic E-state index is 0.00270. The fourth-order valence-corrected chi connectivity index (χ4v) is 7.42. The maximum Gasteiger partial charge on any atom is 0.319 e. The van der Waals surface area contributed by atoms with Gasteiger partial charge < -0.3 is 14.9 Å². The van der Waals surface area contributed by atoms with E-state index in [9.17, 15) is 33.8 Å². The van der Waals surface area contributed by atoms with E-state index >= 15 is 13.2 Å². The van der Waals surface area contributed by atoms with Crippen molar-refractivity contribution in [3.05, 3.63) is 126 Å². The van der Waals surface area contributed by atoms with Crippen molar-refractivity contribution in [2.45, 2.75) is 46.0 Å². The molecule has 1 atom stereocenters. The summed E-state index contributed by atoms with van der Waals surface area (Å²) in [7, 11) is 0. The Labute approximate surface area is 334 Å². The SMILES string of the molecule is CCCC(C(=O)Oc1c(F)cc2c(c1F)c(CC(=O)O)c(C)n2C(=O)c1ccc(Cl)c(Cl)c1)c1c(C)n(C(=O)c2ccc(Cl)c(Cl)c2)c2cc(F)c(O)c(F)c12. The van der Waals surface area contributed by atoms with Gasteiger partial charge in [-0.2, -0.15) is 0 Å². The molecule has 2 aromatic heterocycles. The van der Waals surface area contributed by atoms with E-state index in [0.29, 0.717) is 12.1 Å². The van der Waals surface area contributed by atoms with Gasteiger partial charge in [0, 0.05) is 45.4 Å². The Hall–Kier alpha value is -5.08. The first-order valence-electron chi connectivity index (χ1n) is 16.6. The number of rotatable bonds is 9. The first-order chi connectivity index (χ1) is 26.4. The van der Waals surface area contributed by atoms with Gasteiger partial charge in [0.15, 0.2) is 29.0 Å². The Bertz CT molecular complexity index is 2690. The van der Waals surface area contributed by atoms with Crippen LogP contribution in [0.1, 0.15) is 68.9 Å². The number of phenolic OH excluding ortho intramolecular Hbond substituents is 1. The number of esters is 1. The summed E-state index contributed by atoms with van der Waals surface area (Å²) in [5, 5.41) is 19.1. The molecule has 1 unspecified atom stereocenters. The predicted molar refractivity (Wildman–Crippen MR) is 202 cm³/mol. The zero-order valence-electron chi connectivity index (χ0n) is 29.2. The molecule has 2 heterocycles. The van der Waals surface area contributed by atoms with E-state index in [2.05, 4.69) is 0 Å². The Balaban J connectivity index is 1.52. The summed E-state index contributed by atoms with van der Waals surface area (Å²) in [6, 6.07) is 9.09. The molecule has 4 aromatic carbocycles. The number of halogens is 8. The first kappa shape index (κ1) is 40.6. The number of aromatic nitrogens is 2. The zero-order valence-corrected chi connectivity index (χ0v) is 32.2. The van der Waals surface area contributed by atoms with Gasteiger partial charge in [0.05, 0.1) is 43.5 Å². The molecular formula is C39H26Cl4F4N2O7. The van der Waals surface area contributed by atoms with Crippen molar-refractivity contribution >= 4 is 92.0 Å². The van der Waals surface area contributed by atoms with E-state index in [-0.39, 0.29) is 66.6 Å². The molecule has 0 aliphatic heterocycles. The second-order valence-electron chi connectivity index (χ2n) is 12.7. The van der Waals surface area contributed by atoms with E-state index in [4.69, 9.17) is 51.1 Å². The van der Waals surface area contributed by atoms with Crippen LogP contribution < -0.4 is 4.74 Å². The van der Waals surface area contributed by atoms with Gasteiger partial charge in [0.1, 0.15) is 0 Å². The highest BCUT2D eigenvalue weighted by Crippen LogP contribution is 2.42. The highest BCUT2D eigenvalue weighted by molar-refractivity contribution is 6.42. The van der Waals surface area contributed by atoms with Gasteiger partial charge in [0.25, 0.3) is 11.8 Å². The van der Waals surface area contributed by atoms with E-state index in [1.54, 1.807) is 6.92 Å². The Kier molecular flexibility index (Phi) is 11.2. The van der Waals surface area contributed by atoms with Crippen molar-refractivity contribution in [2.75, 3.05) is 0 Å². The molecule has 0 aliphatic carbocycles. The van der Waals surface area contributed by atoms with Crippen LogP contribution in [-0.4, -0.2) is 43.1 Å². The standard InChI is InChI=1S/C39H26Cl4F4N2O7/c1-4-5-19(30-16(3)49(28-13-25(44)35(52)33(46)32(28)30)38(54)18-7-9-22(41)24(43)11-18)39(55)56-36-26(45)14-27-31(34(36)47)20(12-29(50)51)15(2)48(27)37(53)17-6-8-21(40)23(42)10-17/h6-11,13-14,19,52H,4-5,12H2,1-3H3,(H,50,51). The molecule has 0 spiro atoms. The minimum Gasteiger partial charge on any atom is -0.503 e. The average Bonchev–Trinajstić information content (AvgIpc) is 3.57. The average molecular weight is 852 g/mol. The summed E-state index contributed by atoms with van der Waals surface area (Å²) in [5.74, 6) is -14.7. The van der Waals surface area contributed by atoms with Crippen LogP contribution in [0.15, 0.2) is 48.5 Å². The number of fused-ring (bicyclic) bond motifs is 2. The van der Waals surface area contributed by atoms with Crippen molar-refractivity contribution in [1.29, 1.82) is 0 Å². The molecule has 0 fully saturated rings. The number of nitrogens with zero attached hydrogens (tertiary/aromatic N) is 2. The number of ether oxygens (including phenoxy) is 1. The largest absolute Gasteiger partial charge is 0.503 e. The Morgan fingerprint density at radius 2 is 1.25 bits per heavy atom. The van der Waals surface area contributed by atoms with Gasteiger partial charge in [-0.15, -0.1) is 0 Å². The smallest absolute Gasteiger partial charge is 0.319 e. The quantitative estimate of drug-likeness (QED) is 0.0842. The summed E-state index contributed by atoms with van der Waals surface area (Å²) in [4.78, 5) is 53.6. The molecular weight excluding hydrogens is 826 g/mol. The lowest BCUT2D eigenvalue weighted by Gasteiger charge is -2.18. The summed E-state index contributed by atoms with van der Waals surface area (Å²) in [6.07, 6.45) is -0.808. The van der Waals surface area contributed by atoms with E-state index in [0.717, 1.165) is 9.13 Å². The van der Waals surface area contributed by atoms with Crippen LogP contribution in [0.5, 0.6) is 11.5 Å². The molecule has 0 saturated carbocycles. The lowest BCUT2D eigenvalue weighted by Crippen LogP contribution is -2.22. The molecule has 6 rings (SSSR count). The third kappa shape index (κ3) is 6.87. The predicted octanol–water partition coefficient (Wildman–Crippen LogP) is 10.6. The van der Waals surface area contributed by atoms with Gasteiger partial charge in [-0.25, -0.2) is 17.6 Å². The second-order valence-corrected chi connectivity index (χ2v) is 14.4. The van der Waals surface area contributed by atoms with Crippen molar-refractivity contribution in [3.8, 4) is 11.5 Å². The zero-order chi connectivity index (χ0) is 41.1. The molecule has 0 radical (unpaired) electrons. The number of benzene rings is 4. The first-order valence-corrected chi connectivity index (χ1v) is 18.1. The third-order valence-electron chi connectivity index (χ3n) is 9.36. The summed E-state index contributed by atoms with van der Waals surface area (Å²) in [6.45, 7) is 4.26. The molecule has 290 valence electrons. The monoisotopic (exact) mass is 850 g/mol. The number of hydrogen-bond acceptors (Lipinski definition) is 6. The summed E-state index contributed by atoms with van der Waals surface area (Å²) in [5.41, 5.74) is -1.57. The maximum absolute atomic E-state index is 16.6. The second kappa shape index (κ2) is 15.5. The molecule has 9 nitrogen and oxygen atoms in total. The van der Waals surface area contributed by atoms with Crippen molar-refractivity contribution in [1.82, 2.24) is 9.13 Å².